The average molecular weight is 315 g/mol. The number of esters is 1. The molecule has 5 heteroatoms. The van der Waals surface area contributed by atoms with Crippen LogP contribution >= 0.6 is 0 Å². The van der Waals surface area contributed by atoms with Gasteiger partial charge in [0.1, 0.15) is 6.61 Å². The molecule has 0 unspecified atom stereocenters. The van der Waals surface area contributed by atoms with E-state index in [1.807, 2.05) is 36.4 Å². The molecular formula is C18H21NO4. The Morgan fingerprint density at radius 1 is 1.09 bits per heavy atom. The summed E-state index contributed by atoms with van der Waals surface area (Å²) in [7, 11) is 2.91. The van der Waals surface area contributed by atoms with Crippen molar-refractivity contribution >= 4 is 5.97 Å². The highest BCUT2D eigenvalue weighted by Gasteiger charge is 2.15. The van der Waals surface area contributed by atoms with Gasteiger partial charge in [-0.1, -0.05) is 36.4 Å². The molecule has 0 fully saturated rings. The normalized spacial score (nSPS) is 11.6. The lowest BCUT2D eigenvalue weighted by Gasteiger charge is -2.15. The Morgan fingerprint density at radius 2 is 1.83 bits per heavy atom. The first-order chi connectivity index (χ1) is 11.1. The molecule has 0 spiro atoms. The topological polar surface area (TPSA) is 70.8 Å². The van der Waals surface area contributed by atoms with E-state index in [2.05, 4.69) is 4.74 Å². The van der Waals surface area contributed by atoms with Crippen molar-refractivity contribution in [2.45, 2.75) is 19.1 Å². The highest BCUT2D eigenvalue weighted by Crippen LogP contribution is 2.31. The lowest BCUT2D eigenvalue weighted by Crippen LogP contribution is -2.16. The van der Waals surface area contributed by atoms with Crippen molar-refractivity contribution in [3.8, 4) is 11.5 Å². The molecule has 0 heterocycles. The quantitative estimate of drug-likeness (QED) is 0.796. The Hall–Kier alpha value is -2.53. The van der Waals surface area contributed by atoms with Crippen LogP contribution in [0.25, 0.3) is 0 Å². The molecule has 0 aliphatic carbocycles. The predicted molar refractivity (Wildman–Crippen MR) is 87.3 cm³/mol. The van der Waals surface area contributed by atoms with E-state index in [0.29, 0.717) is 18.1 Å². The predicted octanol–water partition coefficient (Wildman–Crippen LogP) is 2.84. The molecule has 2 N–H and O–H groups in total. The van der Waals surface area contributed by atoms with E-state index < -0.39 is 6.04 Å². The number of carbonyl (C=O) groups is 1. The second kappa shape index (κ2) is 8.19. The second-order valence-electron chi connectivity index (χ2n) is 5.07. The number of methoxy groups -OCH3 is 2. The van der Waals surface area contributed by atoms with Crippen LogP contribution in [-0.2, 0) is 16.1 Å². The largest absolute Gasteiger partial charge is 0.493 e. The van der Waals surface area contributed by atoms with Crippen LogP contribution in [0.15, 0.2) is 48.5 Å². The van der Waals surface area contributed by atoms with Crippen molar-refractivity contribution < 1.29 is 19.0 Å². The zero-order valence-corrected chi connectivity index (χ0v) is 13.3. The van der Waals surface area contributed by atoms with E-state index in [1.165, 1.54) is 7.11 Å². The summed E-state index contributed by atoms with van der Waals surface area (Å²) >= 11 is 0. The minimum atomic E-state index is -0.445. The number of ether oxygens (including phenoxy) is 3. The number of hydrogen-bond acceptors (Lipinski definition) is 5. The Kier molecular flexibility index (Phi) is 6.00. The molecule has 0 radical (unpaired) electrons. The van der Waals surface area contributed by atoms with Gasteiger partial charge in [-0.05, 0) is 23.3 Å². The Balaban J connectivity index is 2.08. The van der Waals surface area contributed by atoms with Crippen molar-refractivity contribution in [1.82, 2.24) is 0 Å². The van der Waals surface area contributed by atoms with Gasteiger partial charge in [-0.25, -0.2) is 0 Å². The number of hydrogen-bond donors (Lipinski definition) is 1. The van der Waals surface area contributed by atoms with Crippen LogP contribution in [0.3, 0.4) is 0 Å². The van der Waals surface area contributed by atoms with Crippen LogP contribution in [0, 0.1) is 0 Å². The van der Waals surface area contributed by atoms with Gasteiger partial charge in [0.2, 0.25) is 0 Å². The molecule has 1 atom stereocenters. The first-order valence-electron chi connectivity index (χ1n) is 7.31. The van der Waals surface area contributed by atoms with Gasteiger partial charge in [-0.2, -0.15) is 0 Å². The highest BCUT2D eigenvalue weighted by molar-refractivity contribution is 5.70. The van der Waals surface area contributed by atoms with Crippen molar-refractivity contribution in [2.24, 2.45) is 5.73 Å². The van der Waals surface area contributed by atoms with Gasteiger partial charge in [-0.15, -0.1) is 0 Å². The number of nitrogens with two attached hydrogens (primary N) is 1. The summed E-state index contributed by atoms with van der Waals surface area (Å²) in [4.78, 5) is 11.3. The van der Waals surface area contributed by atoms with E-state index >= 15 is 0 Å². The van der Waals surface area contributed by atoms with E-state index in [1.54, 1.807) is 19.2 Å². The second-order valence-corrected chi connectivity index (χ2v) is 5.07. The molecule has 23 heavy (non-hydrogen) atoms. The Bertz CT molecular complexity index is 643. The summed E-state index contributed by atoms with van der Waals surface area (Å²) in [5, 5.41) is 0. The minimum absolute atomic E-state index is 0.115. The van der Waals surface area contributed by atoms with E-state index in [-0.39, 0.29) is 12.4 Å². The SMILES string of the molecule is COC(=O)C[C@H](N)c1ccc(OCc2ccccc2)c(OC)c1. The van der Waals surface area contributed by atoms with Crippen LogP contribution in [0.4, 0.5) is 0 Å². The number of rotatable bonds is 7. The molecule has 0 saturated heterocycles. The van der Waals surface area contributed by atoms with Crippen molar-refractivity contribution in [1.29, 1.82) is 0 Å². The molecular weight excluding hydrogens is 294 g/mol. The zero-order valence-electron chi connectivity index (χ0n) is 13.3. The Morgan fingerprint density at radius 3 is 2.48 bits per heavy atom. The summed E-state index contributed by atoms with van der Waals surface area (Å²) in [5.41, 5.74) is 7.87. The third kappa shape index (κ3) is 4.72. The smallest absolute Gasteiger partial charge is 0.307 e. The fraction of sp³-hybridized carbons (Fsp3) is 0.278. The van der Waals surface area contributed by atoms with E-state index in [4.69, 9.17) is 15.2 Å². The number of benzene rings is 2. The van der Waals surface area contributed by atoms with Gasteiger partial charge in [0.15, 0.2) is 11.5 Å². The first kappa shape index (κ1) is 16.8. The maximum absolute atomic E-state index is 11.3. The number of carbonyl (C=O) groups excluding carboxylic acids is 1. The van der Waals surface area contributed by atoms with Crippen LogP contribution < -0.4 is 15.2 Å². The van der Waals surface area contributed by atoms with E-state index in [0.717, 1.165) is 11.1 Å². The van der Waals surface area contributed by atoms with Gasteiger partial charge >= 0.3 is 5.97 Å². The van der Waals surface area contributed by atoms with Gasteiger partial charge in [0.25, 0.3) is 0 Å². The minimum Gasteiger partial charge on any atom is -0.493 e. The first-order valence-corrected chi connectivity index (χ1v) is 7.31. The van der Waals surface area contributed by atoms with Gasteiger partial charge in [-0.3, -0.25) is 4.79 Å². The lowest BCUT2D eigenvalue weighted by molar-refractivity contribution is -0.141. The molecule has 122 valence electrons. The summed E-state index contributed by atoms with van der Waals surface area (Å²) in [6.07, 6.45) is 0.115. The van der Waals surface area contributed by atoms with E-state index in [9.17, 15) is 4.79 Å². The maximum atomic E-state index is 11.3. The van der Waals surface area contributed by atoms with Crippen LogP contribution in [0.2, 0.25) is 0 Å². The Labute approximate surface area is 136 Å². The molecule has 5 nitrogen and oxygen atoms in total. The van der Waals surface area contributed by atoms with Gasteiger partial charge < -0.3 is 19.9 Å². The monoisotopic (exact) mass is 315 g/mol. The fourth-order valence-corrected chi connectivity index (χ4v) is 2.15. The standard InChI is InChI=1S/C18H21NO4/c1-21-17-10-14(15(19)11-18(20)22-2)8-9-16(17)23-12-13-6-4-3-5-7-13/h3-10,15H,11-12,19H2,1-2H3/t15-/m0/s1. The molecule has 0 amide bonds. The molecule has 0 aliphatic heterocycles. The summed E-state index contributed by atoms with van der Waals surface area (Å²) in [6, 6.07) is 14.8. The zero-order chi connectivity index (χ0) is 16.7. The molecule has 0 bridgehead atoms. The highest BCUT2D eigenvalue weighted by atomic mass is 16.5. The molecule has 0 aliphatic rings. The van der Waals surface area contributed by atoms with Crippen LogP contribution in [0.5, 0.6) is 11.5 Å². The van der Waals surface area contributed by atoms with Gasteiger partial charge in [0.05, 0.1) is 20.6 Å². The van der Waals surface area contributed by atoms with Gasteiger partial charge in [0, 0.05) is 6.04 Å². The third-order valence-electron chi connectivity index (χ3n) is 3.47. The molecule has 0 aromatic heterocycles. The molecule has 2 aromatic rings. The summed E-state index contributed by atoms with van der Waals surface area (Å²) in [6.45, 7) is 0.449. The third-order valence-corrected chi connectivity index (χ3v) is 3.47. The van der Waals surface area contributed by atoms with Crippen molar-refractivity contribution in [2.75, 3.05) is 14.2 Å². The summed E-state index contributed by atoms with van der Waals surface area (Å²) < 4.78 is 15.8. The maximum Gasteiger partial charge on any atom is 0.307 e. The molecule has 2 rings (SSSR count). The summed E-state index contributed by atoms with van der Waals surface area (Å²) in [5.74, 6) is 0.866. The average Bonchev–Trinajstić information content (AvgIpc) is 2.60. The van der Waals surface area contributed by atoms with Crippen molar-refractivity contribution in [3.63, 3.8) is 0 Å². The molecule has 2 aromatic carbocycles. The van der Waals surface area contributed by atoms with Crippen LogP contribution in [0.1, 0.15) is 23.6 Å². The lowest BCUT2D eigenvalue weighted by atomic mass is 10.0. The molecule has 0 saturated carbocycles. The van der Waals surface area contributed by atoms with Crippen LogP contribution in [-0.4, -0.2) is 20.2 Å². The fourth-order valence-electron chi connectivity index (χ4n) is 2.15. The van der Waals surface area contributed by atoms with Crippen molar-refractivity contribution in [3.05, 3.63) is 59.7 Å².